The van der Waals surface area contributed by atoms with Gasteiger partial charge in [-0.2, -0.15) is 0 Å². The molecule has 2 N–H and O–H groups in total. The van der Waals surface area contributed by atoms with Gasteiger partial charge in [0.1, 0.15) is 5.82 Å². The average molecular weight is 422 g/mol. The molecule has 0 radical (unpaired) electrons. The number of hydrogen-bond donors (Lipinski definition) is 2. The number of H-pyrrole nitrogens is 1. The number of carbonyl (C=O) groups is 1. The molecule has 0 atom stereocenters. The van der Waals surface area contributed by atoms with Gasteiger partial charge in [-0.25, -0.2) is 4.98 Å². The summed E-state index contributed by atoms with van der Waals surface area (Å²) < 4.78 is 11.6. The average Bonchev–Trinajstić information content (AvgIpc) is 3.41. The number of carbonyl (C=O) groups excluding carboxylic acids is 1. The fourth-order valence-corrected chi connectivity index (χ4v) is 4.11. The lowest BCUT2D eigenvalue weighted by atomic mass is 9.88. The molecule has 0 aliphatic heterocycles. The third-order valence-electron chi connectivity index (χ3n) is 5.94. The summed E-state index contributed by atoms with van der Waals surface area (Å²) in [5.41, 5.74) is 2.29. The monoisotopic (exact) mass is 421 g/mol. The Morgan fingerprint density at radius 1 is 1.16 bits per heavy atom. The second kappa shape index (κ2) is 9.00. The molecule has 3 aromatic rings. The molecule has 164 valence electrons. The van der Waals surface area contributed by atoms with Crippen LogP contribution < -0.4 is 14.8 Å². The molecule has 1 saturated carbocycles. The Hall–Kier alpha value is -3.02. The largest absolute Gasteiger partial charge is 0.493 e. The quantitative estimate of drug-likeness (QED) is 0.549. The minimum Gasteiger partial charge on any atom is -0.493 e. The molecule has 1 heterocycles. The molecule has 1 aliphatic rings. The lowest BCUT2D eigenvalue weighted by molar-refractivity contribution is -0.129. The van der Waals surface area contributed by atoms with Crippen LogP contribution in [0.3, 0.4) is 0 Å². The van der Waals surface area contributed by atoms with Crippen molar-refractivity contribution in [1.29, 1.82) is 0 Å². The molecule has 0 bridgehead atoms. The Bertz CT molecular complexity index is 1020. The number of aromatic amines is 1. The van der Waals surface area contributed by atoms with Crippen LogP contribution in [0.15, 0.2) is 42.5 Å². The summed E-state index contributed by atoms with van der Waals surface area (Å²) >= 11 is 0. The summed E-state index contributed by atoms with van der Waals surface area (Å²) in [7, 11) is 1.65. The van der Waals surface area contributed by atoms with Crippen molar-refractivity contribution in [2.24, 2.45) is 5.41 Å². The highest BCUT2D eigenvalue weighted by atomic mass is 16.5. The molecular formula is C25H31N3O3. The Morgan fingerprint density at radius 2 is 1.94 bits per heavy atom. The summed E-state index contributed by atoms with van der Waals surface area (Å²) in [5.74, 6) is 2.28. The fourth-order valence-electron chi connectivity index (χ4n) is 4.11. The van der Waals surface area contributed by atoms with E-state index in [1.165, 1.54) is 12.8 Å². The molecule has 31 heavy (non-hydrogen) atoms. The Balaban J connectivity index is 1.37. The normalized spacial score (nSPS) is 14.7. The highest BCUT2D eigenvalue weighted by Gasteiger charge is 2.29. The number of fused-ring (bicyclic) bond motifs is 1. The van der Waals surface area contributed by atoms with E-state index in [0.29, 0.717) is 18.7 Å². The van der Waals surface area contributed by atoms with Crippen molar-refractivity contribution < 1.29 is 14.3 Å². The van der Waals surface area contributed by atoms with E-state index in [-0.39, 0.29) is 12.0 Å². The number of amides is 1. The number of ether oxygens (including phenoxy) is 2. The Morgan fingerprint density at radius 3 is 2.68 bits per heavy atom. The number of nitrogens with zero attached hydrogens (tertiary/aromatic N) is 1. The Kier molecular flexibility index (Phi) is 6.16. The molecule has 1 fully saturated rings. The second-order valence-electron chi connectivity index (χ2n) is 8.95. The lowest BCUT2D eigenvalue weighted by Gasteiger charge is -2.23. The van der Waals surface area contributed by atoms with E-state index in [9.17, 15) is 4.79 Å². The SMILES string of the molecule is COc1cc(CNC(=O)C(C)(C)Cc2nc3ccccc3[nH]2)ccc1OC1CCCC1. The van der Waals surface area contributed by atoms with Gasteiger partial charge in [0.15, 0.2) is 11.5 Å². The number of nitrogens with one attached hydrogen (secondary N) is 2. The van der Waals surface area contributed by atoms with E-state index in [1.54, 1.807) is 7.11 Å². The molecule has 1 aromatic heterocycles. The summed E-state index contributed by atoms with van der Waals surface area (Å²) in [6.45, 7) is 4.31. The second-order valence-corrected chi connectivity index (χ2v) is 8.95. The third kappa shape index (κ3) is 5.01. The van der Waals surface area contributed by atoms with E-state index < -0.39 is 5.41 Å². The zero-order valence-electron chi connectivity index (χ0n) is 18.5. The van der Waals surface area contributed by atoms with Gasteiger partial charge in [0, 0.05) is 13.0 Å². The highest BCUT2D eigenvalue weighted by molar-refractivity contribution is 5.82. The van der Waals surface area contributed by atoms with E-state index in [1.807, 2.05) is 56.3 Å². The van der Waals surface area contributed by atoms with Crippen LogP contribution in [-0.2, 0) is 17.8 Å². The standard InChI is InChI=1S/C25H31N3O3/c1-25(2,15-23-27-19-10-6-7-11-20(19)28-23)24(29)26-16-17-12-13-21(22(14-17)30-3)31-18-8-4-5-9-18/h6-7,10-14,18H,4-5,8-9,15-16H2,1-3H3,(H,26,29)(H,27,28). The van der Waals surface area contributed by atoms with E-state index in [2.05, 4.69) is 15.3 Å². The summed E-state index contributed by atoms with van der Waals surface area (Å²) in [4.78, 5) is 20.8. The van der Waals surface area contributed by atoms with Gasteiger partial charge in [0.25, 0.3) is 0 Å². The number of para-hydroxylation sites is 2. The summed E-state index contributed by atoms with van der Waals surface area (Å²) in [6, 6.07) is 13.8. The van der Waals surface area contributed by atoms with Crippen LogP contribution in [0, 0.1) is 5.41 Å². The van der Waals surface area contributed by atoms with E-state index in [4.69, 9.17) is 9.47 Å². The summed E-state index contributed by atoms with van der Waals surface area (Å²) in [5, 5.41) is 3.06. The third-order valence-corrected chi connectivity index (χ3v) is 5.94. The van der Waals surface area contributed by atoms with Gasteiger partial charge in [-0.15, -0.1) is 0 Å². The first kappa shape index (κ1) is 21.2. The van der Waals surface area contributed by atoms with Crippen molar-refractivity contribution in [3.8, 4) is 11.5 Å². The zero-order valence-corrected chi connectivity index (χ0v) is 18.5. The first-order chi connectivity index (χ1) is 14.9. The predicted octanol–water partition coefficient (Wildman–Crippen LogP) is 4.78. The molecule has 6 nitrogen and oxygen atoms in total. The number of rotatable bonds is 8. The van der Waals surface area contributed by atoms with Gasteiger partial charge in [-0.05, 0) is 55.5 Å². The molecule has 1 aliphatic carbocycles. The minimum atomic E-state index is -0.594. The molecule has 4 rings (SSSR count). The molecule has 0 spiro atoms. The number of hydrogen-bond acceptors (Lipinski definition) is 4. The number of aromatic nitrogens is 2. The van der Waals surface area contributed by atoms with Crippen molar-refractivity contribution in [1.82, 2.24) is 15.3 Å². The van der Waals surface area contributed by atoms with E-state index >= 15 is 0 Å². The maximum atomic E-state index is 12.9. The molecule has 1 amide bonds. The topological polar surface area (TPSA) is 76.2 Å². The predicted molar refractivity (Wildman–Crippen MR) is 121 cm³/mol. The van der Waals surface area contributed by atoms with E-state index in [0.717, 1.165) is 41.0 Å². The zero-order chi connectivity index (χ0) is 21.8. The van der Waals surface area contributed by atoms with Crippen LogP contribution >= 0.6 is 0 Å². The van der Waals surface area contributed by atoms with Crippen LogP contribution in [0.1, 0.15) is 50.9 Å². The van der Waals surface area contributed by atoms with Crippen molar-refractivity contribution >= 4 is 16.9 Å². The van der Waals surface area contributed by atoms with Crippen LogP contribution in [0.4, 0.5) is 0 Å². The molecule has 0 saturated heterocycles. The van der Waals surface area contributed by atoms with Crippen LogP contribution in [-0.4, -0.2) is 29.1 Å². The van der Waals surface area contributed by atoms with Gasteiger partial charge in [-0.3, -0.25) is 4.79 Å². The van der Waals surface area contributed by atoms with Gasteiger partial charge in [0.2, 0.25) is 5.91 Å². The Labute approximate surface area is 183 Å². The number of benzene rings is 2. The maximum absolute atomic E-state index is 12.9. The molecule has 2 aromatic carbocycles. The van der Waals surface area contributed by atoms with Crippen molar-refractivity contribution in [2.75, 3.05) is 7.11 Å². The first-order valence-corrected chi connectivity index (χ1v) is 11.0. The summed E-state index contributed by atoms with van der Waals surface area (Å²) in [6.07, 6.45) is 5.45. The first-order valence-electron chi connectivity index (χ1n) is 11.0. The smallest absolute Gasteiger partial charge is 0.226 e. The van der Waals surface area contributed by atoms with Crippen LogP contribution in [0.5, 0.6) is 11.5 Å². The number of methoxy groups -OCH3 is 1. The minimum absolute atomic E-state index is 0.0156. The van der Waals surface area contributed by atoms with Gasteiger partial charge in [0.05, 0.1) is 29.7 Å². The number of imidazole rings is 1. The molecular weight excluding hydrogens is 390 g/mol. The van der Waals surface area contributed by atoms with Crippen molar-refractivity contribution in [2.45, 2.75) is 58.6 Å². The molecule has 6 heteroatoms. The van der Waals surface area contributed by atoms with Crippen LogP contribution in [0.25, 0.3) is 11.0 Å². The van der Waals surface area contributed by atoms with Crippen molar-refractivity contribution in [3.05, 3.63) is 53.9 Å². The van der Waals surface area contributed by atoms with Gasteiger partial charge < -0.3 is 19.8 Å². The fraction of sp³-hybridized carbons (Fsp3) is 0.440. The maximum Gasteiger partial charge on any atom is 0.226 e. The highest BCUT2D eigenvalue weighted by Crippen LogP contribution is 2.32. The molecule has 0 unspecified atom stereocenters. The van der Waals surface area contributed by atoms with Crippen LogP contribution in [0.2, 0.25) is 0 Å². The van der Waals surface area contributed by atoms with Gasteiger partial charge in [-0.1, -0.05) is 32.0 Å². The lowest BCUT2D eigenvalue weighted by Crippen LogP contribution is -2.38. The van der Waals surface area contributed by atoms with Gasteiger partial charge >= 0.3 is 0 Å². The van der Waals surface area contributed by atoms with Crippen molar-refractivity contribution in [3.63, 3.8) is 0 Å².